The van der Waals surface area contributed by atoms with Crippen molar-refractivity contribution in [1.82, 2.24) is 0 Å². The second-order valence-corrected chi connectivity index (χ2v) is 6.87. The third-order valence-electron chi connectivity index (χ3n) is 3.47. The minimum atomic E-state index is -4.05. The van der Waals surface area contributed by atoms with Gasteiger partial charge in [-0.05, 0) is 18.3 Å². The van der Waals surface area contributed by atoms with E-state index in [9.17, 15) is 14.4 Å². The summed E-state index contributed by atoms with van der Waals surface area (Å²) in [5, 5.41) is -0.844. The lowest BCUT2D eigenvalue weighted by Gasteiger charge is -2.41. The van der Waals surface area contributed by atoms with Crippen molar-refractivity contribution < 1.29 is 14.4 Å². The fourth-order valence-corrected chi connectivity index (χ4v) is 4.32. The minimum Gasteiger partial charge on any atom is -0.324 e. The average molecular weight is 236 g/mol. The monoisotopic (exact) mass is 236 g/mol. The Morgan fingerprint density at radius 3 is 1.73 bits per heavy atom. The van der Waals surface area contributed by atoms with Gasteiger partial charge < -0.3 is 9.79 Å². The van der Waals surface area contributed by atoms with Gasteiger partial charge in [-0.1, -0.05) is 47.5 Å². The molecule has 0 bridgehead atoms. The molecule has 0 unspecified atom stereocenters. The Morgan fingerprint density at radius 1 is 1.13 bits per heavy atom. The molecule has 0 aliphatic rings. The van der Waals surface area contributed by atoms with Crippen LogP contribution in [0.25, 0.3) is 0 Å². The second kappa shape index (κ2) is 5.47. The molecule has 0 aromatic rings. The molecule has 0 saturated carbocycles. The number of hydrogen-bond donors (Lipinski definition) is 2. The van der Waals surface area contributed by atoms with Crippen LogP contribution in [0.1, 0.15) is 53.9 Å². The van der Waals surface area contributed by atoms with Gasteiger partial charge in [-0.3, -0.25) is 4.57 Å². The molecule has 0 amide bonds. The molecular weight excluding hydrogens is 211 g/mol. The van der Waals surface area contributed by atoms with E-state index in [-0.39, 0.29) is 11.8 Å². The molecule has 3 nitrogen and oxygen atoms in total. The Balaban J connectivity index is 5.19. The van der Waals surface area contributed by atoms with Crippen LogP contribution in [-0.4, -0.2) is 14.9 Å². The largest absolute Gasteiger partial charge is 0.332 e. The lowest BCUT2D eigenvalue weighted by atomic mass is 9.80. The first-order valence-corrected chi connectivity index (χ1v) is 7.37. The normalized spacial score (nSPS) is 13.9. The maximum atomic E-state index is 11.7. The Morgan fingerprint density at radius 2 is 1.53 bits per heavy atom. The molecule has 0 spiro atoms. The first-order valence-electron chi connectivity index (χ1n) is 5.75. The predicted octanol–water partition coefficient (Wildman–Crippen LogP) is 3.41. The van der Waals surface area contributed by atoms with Gasteiger partial charge in [-0.25, -0.2) is 0 Å². The van der Waals surface area contributed by atoms with Crippen LogP contribution in [-0.2, 0) is 4.57 Å². The summed E-state index contributed by atoms with van der Waals surface area (Å²) in [6.07, 6.45) is 2.46. The molecule has 0 aliphatic carbocycles. The van der Waals surface area contributed by atoms with E-state index in [4.69, 9.17) is 0 Å². The highest BCUT2D eigenvalue weighted by atomic mass is 31.2. The predicted molar refractivity (Wildman–Crippen MR) is 64.0 cm³/mol. The molecule has 4 heteroatoms. The summed E-state index contributed by atoms with van der Waals surface area (Å²) < 4.78 is 11.7. The zero-order chi connectivity index (χ0) is 12.3. The topological polar surface area (TPSA) is 57.5 Å². The molecular formula is C11H25O3P. The summed E-state index contributed by atoms with van der Waals surface area (Å²) >= 11 is 0. The number of hydrogen-bond acceptors (Lipinski definition) is 1. The van der Waals surface area contributed by atoms with Crippen molar-refractivity contribution >= 4 is 7.60 Å². The molecule has 0 aromatic heterocycles. The summed E-state index contributed by atoms with van der Waals surface area (Å²) in [5.74, 6) is 0.00904. The zero-order valence-corrected chi connectivity index (χ0v) is 11.4. The van der Waals surface area contributed by atoms with Crippen molar-refractivity contribution in [3.8, 4) is 0 Å². The third-order valence-corrected chi connectivity index (χ3v) is 5.81. The summed E-state index contributed by atoms with van der Waals surface area (Å²) in [5.41, 5.74) is 0. The van der Waals surface area contributed by atoms with Gasteiger partial charge in [0.2, 0.25) is 0 Å². The molecule has 0 atom stereocenters. The quantitative estimate of drug-likeness (QED) is 0.695. The number of rotatable bonds is 6. The van der Waals surface area contributed by atoms with Crippen LogP contribution in [0.4, 0.5) is 0 Å². The lowest BCUT2D eigenvalue weighted by Crippen LogP contribution is -2.40. The summed E-state index contributed by atoms with van der Waals surface area (Å²) in [7, 11) is -4.05. The SMILES string of the molecule is CCCCC(C(C)C)(C(C)C)P(=O)(O)O. The zero-order valence-electron chi connectivity index (χ0n) is 10.5. The van der Waals surface area contributed by atoms with Gasteiger partial charge in [0.15, 0.2) is 0 Å². The molecule has 0 radical (unpaired) electrons. The molecule has 15 heavy (non-hydrogen) atoms. The Bertz CT molecular complexity index is 222. The van der Waals surface area contributed by atoms with Crippen molar-refractivity contribution in [2.24, 2.45) is 11.8 Å². The summed E-state index contributed by atoms with van der Waals surface area (Å²) in [6.45, 7) is 9.69. The molecule has 0 rings (SSSR count). The van der Waals surface area contributed by atoms with Crippen LogP contribution in [0.3, 0.4) is 0 Å². The molecule has 92 valence electrons. The second-order valence-electron chi connectivity index (χ2n) is 4.95. The molecule has 2 N–H and O–H groups in total. The van der Waals surface area contributed by atoms with Crippen molar-refractivity contribution in [2.45, 2.75) is 59.0 Å². The highest BCUT2D eigenvalue weighted by Gasteiger charge is 2.50. The maximum Gasteiger partial charge on any atom is 0.332 e. The van der Waals surface area contributed by atoms with E-state index in [0.717, 1.165) is 12.8 Å². The highest BCUT2D eigenvalue weighted by molar-refractivity contribution is 7.53. The molecule has 0 aliphatic heterocycles. The summed E-state index contributed by atoms with van der Waals surface area (Å²) in [6, 6.07) is 0. The van der Waals surface area contributed by atoms with Gasteiger partial charge in [0.25, 0.3) is 0 Å². The molecule has 0 saturated heterocycles. The van der Waals surface area contributed by atoms with E-state index in [1.165, 1.54) is 0 Å². The van der Waals surface area contributed by atoms with Crippen molar-refractivity contribution in [3.05, 3.63) is 0 Å². The number of unbranched alkanes of at least 4 members (excludes halogenated alkanes) is 1. The van der Waals surface area contributed by atoms with E-state index >= 15 is 0 Å². The van der Waals surface area contributed by atoms with Crippen LogP contribution < -0.4 is 0 Å². The van der Waals surface area contributed by atoms with E-state index in [0.29, 0.717) is 6.42 Å². The van der Waals surface area contributed by atoms with Crippen LogP contribution >= 0.6 is 7.60 Å². The van der Waals surface area contributed by atoms with Gasteiger partial charge in [0, 0.05) is 0 Å². The van der Waals surface area contributed by atoms with Crippen LogP contribution in [0.5, 0.6) is 0 Å². The Hall–Kier alpha value is 0.150. The first kappa shape index (κ1) is 15.2. The van der Waals surface area contributed by atoms with E-state index in [1.807, 2.05) is 34.6 Å². The first-order chi connectivity index (χ1) is 6.70. The van der Waals surface area contributed by atoms with Crippen molar-refractivity contribution in [1.29, 1.82) is 0 Å². The molecule has 0 aromatic carbocycles. The average Bonchev–Trinajstić information content (AvgIpc) is 2.01. The van der Waals surface area contributed by atoms with E-state index < -0.39 is 12.8 Å². The van der Waals surface area contributed by atoms with E-state index in [1.54, 1.807) is 0 Å². The van der Waals surface area contributed by atoms with Crippen molar-refractivity contribution in [3.63, 3.8) is 0 Å². The Kier molecular flexibility index (Phi) is 5.52. The van der Waals surface area contributed by atoms with Crippen LogP contribution in [0.2, 0.25) is 0 Å². The maximum absolute atomic E-state index is 11.7. The third kappa shape index (κ3) is 3.05. The van der Waals surface area contributed by atoms with Crippen molar-refractivity contribution in [2.75, 3.05) is 0 Å². The van der Waals surface area contributed by atoms with Gasteiger partial charge in [-0.15, -0.1) is 0 Å². The molecule has 0 fully saturated rings. The minimum absolute atomic E-state index is 0.00452. The van der Waals surface area contributed by atoms with Gasteiger partial charge >= 0.3 is 7.60 Å². The van der Waals surface area contributed by atoms with Crippen LogP contribution in [0, 0.1) is 11.8 Å². The lowest BCUT2D eigenvalue weighted by molar-refractivity contribution is 0.222. The highest BCUT2D eigenvalue weighted by Crippen LogP contribution is 2.60. The smallest absolute Gasteiger partial charge is 0.324 e. The fraction of sp³-hybridized carbons (Fsp3) is 1.00. The fourth-order valence-electron chi connectivity index (χ4n) is 2.52. The van der Waals surface area contributed by atoms with E-state index in [2.05, 4.69) is 0 Å². The summed E-state index contributed by atoms with van der Waals surface area (Å²) in [4.78, 5) is 19.2. The van der Waals surface area contributed by atoms with Gasteiger partial charge in [-0.2, -0.15) is 0 Å². The van der Waals surface area contributed by atoms with Gasteiger partial charge in [0.05, 0.1) is 5.16 Å². The van der Waals surface area contributed by atoms with Gasteiger partial charge in [0.1, 0.15) is 0 Å². The standard InChI is InChI=1S/C11H25O3P/c1-6-7-8-11(9(2)3,10(4)5)15(12,13)14/h9-10H,6-8H2,1-5H3,(H2,12,13,14). The molecule has 0 heterocycles. The van der Waals surface area contributed by atoms with Crippen LogP contribution in [0.15, 0.2) is 0 Å². The Labute approximate surface area is 93.4 Å².